The SMILES string of the molecule is Cn1c(=O)c2cc(C(=O)[O-])cn2c2ccccc21.[Na+]. The molecule has 6 heteroatoms. The molecule has 3 aromatic rings. The first-order valence-corrected chi connectivity index (χ1v) is 5.41. The summed E-state index contributed by atoms with van der Waals surface area (Å²) >= 11 is 0. The Balaban J connectivity index is 0.00000133. The van der Waals surface area contributed by atoms with E-state index in [4.69, 9.17) is 0 Å². The van der Waals surface area contributed by atoms with Gasteiger partial charge in [-0.25, -0.2) is 0 Å². The Bertz CT molecular complexity index is 848. The van der Waals surface area contributed by atoms with E-state index in [2.05, 4.69) is 0 Å². The van der Waals surface area contributed by atoms with E-state index in [1.165, 1.54) is 16.8 Å². The normalized spacial score (nSPS) is 10.6. The number of rotatable bonds is 1. The van der Waals surface area contributed by atoms with Crippen molar-refractivity contribution in [1.29, 1.82) is 0 Å². The van der Waals surface area contributed by atoms with Crippen LogP contribution in [0.2, 0.25) is 0 Å². The fraction of sp³-hybridized carbons (Fsp3) is 0.0769. The number of aromatic carboxylic acids is 1. The Morgan fingerprint density at radius 1 is 1.16 bits per heavy atom. The molecule has 0 atom stereocenters. The van der Waals surface area contributed by atoms with Crippen LogP contribution in [0, 0.1) is 0 Å². The van der Waals surface area contributed by atoms with Crippen molar-refractivity contribution in [1.82, 2.24) is 8.97 Å². The molecule has 90 valence electrons. The van der Waals surface area contributed by atoms with E-state index < -0.39 is 5.97 Å². The smallest absolute Gasteiger partial charge is 0.545 e. The van der Waals surface area contributed by atoms with E-state index >= 15 is 0 Å². The van der Waals surface area contributed by atoms with Gasteiger partial charge in [0, 0.05) is 18.8 Å². The Hall–Kier alpha value is -1.56. The predicted octanol–water partition coefficient (Wildman–Crippen LogP) is -2.84. The molecule has 2 aromatic heterocycles. The predicted molar refractivity (Wildman–Crippen MR) is 64.5 cm³/mol. The molecule has 0 saturated carbocycles. The number of fused-ring (bicyclic) bond motifs is 3. The average Bonchev–Trinajstić information content (AvgIpc) is 2.81. The minimum Gasteiger partial charge on any atom is -0.545 e. The van der Waals surface area contributed by atoms with Crippen LogP contribution in [0.5, 0.6) is 0 Å². The second-order valence-corrected chi connectivity index (χ2v) is 4.12. The maximum Gasteiger partial charge on any atom is 1.00 e. The first-order valence-electron chi connectivity index (χ1n) is 5.41. The number of benzene rings is 1. The number of carbonyl (C=O) groups excluding carboxylic acids is 1. The second kappa shape index (κ2) is 4.85. The van der Waals surface area contributed by atoms with Crippen LogP contribution < -0.4 is 40.2 Å². The van der Waals surface area contributed by atoms with Crippen LogP contribution in [0.25, 0.3) is 16.6 Å². The molecule has 0 fully saturated rings. The van der Waals surface area contributed by atoms with Gasteiger partial charge < -0.3 is 18.9 Å². The van der Waals surface area contributed by atoms with E-state index in [9.17, 15) is 14.7 Å². The van der Waals surface area contributed by atoms with Crippen LogP contribution in [0.4, 0.5) is 0 Å². The van der Waals surface area contributed by atoms with E-state index in [1.54, 1.807) is 11.4 Å². The van der Waals surface area contributed by atoms with Crippen molar-refractivity contribution in [3.63, 3.8) is 0 Å². The molecule has 0 N–H and O–H groups in total. The summed E-state index contributed by atoms with van der Waals surface area (Å²) in [6.45, 7) is 0. The molecular weight excluding hydrogens is 255 g/mol. The molecule has 1 aromatic carbocycles. The minimum absolute atomic E-state index is 0. The molecule has 0 saturated heterocycles. The molecule has 0 bridgehead atoms. The molecular formula is C13H9N2NaO3. The van der Waals surface area contributed by atoms with Crippen molar-refractivity contribution in [3.8, 4) is 0 Å². The molecule has 2 heterocycles. The van der Waals surface area contributed by atoms with Gasteiger partial charge in [0.25, 0.3) is 5.56 Å². The largest absolute Gasteiger partial charge is 1.00 e. The van der Waals surface area contributed by atoms with Gasteiger partial charge >= 0.3 is 29.6 Å². The van der Waals surface area contributed by atoms with Crippen molar-refractivity contribution in [2.75, 3.05) is 0 Å². The molecule has 5 nitrogen and oxygen atoms in total. The quantitative estimate of drug-likeness (QED) is 0.445. The van der Waals surface area contributed by atoms with Crippen molar-refractivity contribution >= 4 is 22.5 Å². The fourth-order valence-corrected chi connectivity index (χ4v) is 2.17. The number of hydrogen-bond donors (Lipinski definition) is 0. The topological polar surface area (TPSA) is 66.5 Å². The van der Waals surface area contributed by atoms with Gasteiger partial charge in [0.05, 0.1) is 17.0 Å². The standard InChI is InChI=1S/C13H10N2O3.Na/c1-14-9-4-2-3-5-10(9)15-7-8(13(17)18)6-11(15)12(14)16;/h2-7H,1H3,(H,17,18);/q;+1/p-1. The van der Waals surface area contributed by atoms with Gasteiger partial charge in [-0.2, -0.15) is 0 Å². The van der Waals surface area contributed by atoms with Gasteiger partial charge in [0.15, 0.2) is 0 Å². The third kappa shape index (κ3) is 2.00. The zero-order chi connectivity index (χ0) is 12.9. The summed E-state index contributed by atoms with van der Waals surface area (Å²) in [5.41, 5.74) is 1.62. The van der Waals surface area contributed by atoms with Crippen molar-refractivity contribution in [3.05, 3.63) is 52.4 Å². The monoisotopic (exact) mass is 264 g/mol. The molecule has 0 spiro atoms. The van der Waals surface area contributed by atoms with E-state index in [0.29, 0.717) is 5.52 Å². The molecule has 19 heavy (non-hydrogen) atoms. The zero-order valence-corrected chi connectivity index (χ0v) is 12.6. The number of para-hydroxylation sites is 2. The first kappa shape index (κ1) is 13.9. The Labute approximate surface area is 130 Å². The van der Waals surface area contributed by atoms with Crippen molar-refractivity contribution in [2.45, 2.75) is 0 Å². The number of carbonyl (C=O) groups is 1. The number of hydrogen-bond acceptors (Lipinski definition) is 3. The Morgan fingerprint density at radius 2 is 1.79 bits per heavy atom. The number of carboxylic acid groups (broad SMARTS) is 1. The Kier molecular flexibility index (Phi) is 3.54. The van der Waals surface area contributed by atoms with Gasteiger partial charge in [-0.3, -0.25) is 4.79 Å². The van der Waals surface area contributed by atoms with Gasteiger partial charge in [-0.1, -0.05) is 12.1 Å². The number of nitrogens with zero attached hydrogens (tertiary/aromatic N) is 2. The number of aryl methyl sites for hydroxylation is 1. The third-order valence-electron chi connectivity index (χ3n) is 3.08. The Morgan fingerprint density at radius 3 is 2.42 bits per heavy atom. The van der Waals surface area contributed by atoms with Crippen LogP contribution in [-0.4, -0.2) is 14.9 Å². The third-order valence-corrected chi connectivity index (χ3v) is 3.08. The summed E-state index contributed by atoms with van der Waals surface area (Å²) in [4.78, 5) is 23.0. The summed E-state index contributed by atoms with van der Waals surface area (Å²) < 4.78 is 3.09. The number of aromatic nitrogens is 2. The van der Waals surface area contributed by atoms with Crippen molar-refractivity contribution < 1.29 is 39.5 Å². The van der Waals surface area contributed by atoms with Crippen LogP contribution in [0.3, 0.4) is 0 Å². The summed E-state index contributed by atoms with van der Waals surface area (Å²) in [5.74, 6) is -1.29. The van der Waals surface area contributed by atoms with Gasteiger partial charge in [0.2, 0.25) is 0 Å². The first-order chi connectivity index (χ1) is 8.59. The zero-order valence-electron chi connectivity index (χ0n) is 10.6. The summed E-state index contributed by atoms with van der Waals surface area (Å²) in [7, 11) is 1.66. The van der Waals surface area contributed by atoms with E-state index in [1.807, 2.05) is 24.3 Å². The molecule has 0 aliphatic rings. The van der Waals surface area contributed by atoms with Crippen LogP contribution >= 0.6 is 0 Å². The summed E-state index contributed by atoms with van der Waals surface area (Å²) in [5, 5.41) is 10.9. The molecule has 0 amide bonds. The molecule has 0 radical (unpaired) electrons. The average molecular weight is 264 g/mol. The van der Waals surface area contributed by atoms with Gasteiger partial charge in [-0.15, -0.1) is 0 Å². The second-order valence-electron chi connectivity index (χ2n) is 4.12. The van der Waals surface area contributed by atoms with Gasteiger partial charge in [-0.05, 0) is 18.2 Å². The summed E-state index contributed by atoms with van der Waals surface area (Å²) in [6.07, 6.45) is 1.41. The minimum atomic E-state index is -1.29. The summed E-state index contributed by atoms with van der Waals surface area (Å²) in [6, 6.07) is 8.65. The molecule has 0 aliphatic heterocycles. The van der Waals surface area contributed by atoms with Crippen LogP contribution in [0.1, 0.15) is 10.4 Å². The molecule has 0 unspecified atom stereocenters. The van der Waals surface area contributed by atoms with Crippen LogP contribution in [-0.2, 0) is 7.05 Å². The van der Waals surface area contributed by atoms with E-state index in [0.717, 1.165) is 11.0 Å². The molecule has 3 rings (SSSR count). The van der Waals surface area contributed by atoms with E-state index in [-0.39, 0.29) is 40.7 Å². The van der Waals surface area contributed by atoms with Gasteiger partial charge in [0.1, 0.15) is 5.52 Å². The maximum atomic E-state index is 12.1. The molecule has 0 aliphatic carbocycles. The van der Waals surface area contributed by atoms with Crippen molar-refractivity contribution in [2.24, 2.45) is 7.05 Å². The van der Waals surface area contributed by atoms with Crippen LogP contribution in [0.15, 0.2) is 41.3 Å². The maximum absolute atomic E-state index is 12.1. The fourth-order valence-electron chi connectivity index (χ4n) is 2.17. The number of carboxylic acids is 1.